The Morgan fingerprint density at radius 3 is 2.25 bits per heavy atom. The molecule has 2 aromatic carbocycles. The predicted octanol–water partition coefficient (Wildman–Crippen LogP) is 4.91. The van der Waals surface area contributed by atoms with Crippen molar-refractivity contribution in [1.82, 2.24) is 4.98 Å². The van der Waals surface area contributed by atoms with E-state index < -0.39 is 5.97 Å². The third kappa shape index (κ3) is 5.21. The summed E-state index contributed by atoms with van der Waals surface area (Å²) in [5.74, 6) is 5.32. The first-order chi connectivity index (χ1) is 13.7. The van der Waals surface area contributed by atoms with Gasteiger partial charge >= 0.3 is 5.97 Å². The van der Waals surface area contributed by atoms with Gasteiger partial charge in [-0.05, 0) is 53.4 Å². The minimum absolute atomic E-state index is 0.00906. The number of ether oxygens (including phenoxy) is 1. The Hall–Kier alpha value is -3.58. The van der Waals surface area contributed by atoms with E-state index >= 15 is 0 Å². The average molecular weight is 371 g/mol. The van der Waals surface area contributed by atoms with Crippen molar-refractivity contribution in [3.05, 3.63) is 84.2 Å². The number of carboxylic acid groups (broad SMARTS) is 1. The zero-order valence-corrected chi connectivity index (χ0v) is 15.6. The molecule has 28 heavy (non-hydrogen) atoms. The maximum atomic E-state index is 11.0. The van der Waals surface area contributed by atoms with E-state index in [0.717, 1.165) is 28.0 Å². The standard InChI is InChI=1S/C24H21NO3/c1-2-3-22(16-24(26)27)20-8-10-23(11-9-20)28-17-18-4-6-19(7-5-18)21-12-14-25-15-13-21/h4-15,22H,16-17H2,1H3,(H,26,27). The zero-order valence-electron chi connectivity index (χ0n) is 15.6. The molecule has 1 unspecified atom stereocenters. The average Bonchev–Trinajstić information content (AvgIpc) is 2.73. The molecule has 3 rings (SSSR count). The van der Waals surface area contributed by atoms with Crippen LogP contribution in [-0.2, 0) is 11.4 Å². The van der Waals surface area contributed by atoms with Crippen LogP contribution in [0.25, 0.3) is 11.1 Å². The Bertz CT molecular complexity index is 968. The van der Waals surface area contributed by atoms with Crippen molar-refractivity contribution in [3.63, 3.8) is 0 Å². The first-order valence-corrected chi connectivity index (χ1v) is 9.02. The van der Waals surface area contributed by atoms with E-state index in [4.69, 9.17) is 9.84 Å². The highest BCUT2D eigenvalue weighted by Gasteiger charge is 2.13. The molecule has 0 amide bonds. The first-order valence-electron chi connectivity index (χ1n) is 9.02. The molecule has 0 spiro atoms. The lowest BCUT2D eigenvalue weighted by Crippen LogP contribution is -2.04. The number of nitrogens with zero attached hydrogens (tertiary/aromatic N) is 1. The summed E-state index contributed by atoms with van der Waals surface area (Å²) >= 11 is 0. The monoisotopic (exact) mass is 371 g/mol. The Kier molecular flexibility index (Phi) is 6.43. The van der Waals surface area contributed by atoms with Crippen molar-refractivity contribution < 1.29 is 14.6 Å². The summed E-state index contributed by atoms with van der Waals surface area (Å²) in [5, 5.41) is 9.03. The molecular formula is C24H21NO3. The van der Waals surface area contributed by atoms with Crippen LogP contribution in [0.15, 0.2) is 73.1 Å². The predicted molar refractivity (Wildman–Crippen MR) is 109 cm³/mol. The Morgan fingerprint density at radius 1 is 1.00 bits per heavy atom. The number of rotatable bonds is 7. The van der Waals surface area contributed by atoms with Crippen LogP contribution < -0.4 is 4.74 Å². The van der Waals surface area contributed by atoms with E-state index in [0.29, 0.717) is 6.61 Å². The van der Waals surface area contributed by atoms with Crippen LogP contribution >= 0.6 is 0 Å². The number of aromatic nitrogens is 1. The molecule has 0 aliphatic rings. The summed E-state index contributed by atoms with van der Waals surface area (Å²) in [7, 11) is 0. The molecule has 0 aliphatic carbocycles. The fraction of sp³-hybridized carbons (Fsp3) is 0.167. The topological polar surface area (TPSA) is 59.4 Å². The Labute approximate surface area is 164 Å². The fourth-order valence-corrected chi connectivity index (χ4v) is 2.90. The van der Waals surface area contributed by atoms with Gasteiger partial charge in [0, 0.05) is 12.4 Å². The Morgan fingerprint density at radius 2 is 1.64 bits per heavy atom. The summed E-state index contributed by atoms with van der Waals surface area (Å²) in [5.41, 5.74) is 4.22. The first kappa shape index (κ1) is 19.2. The maximum Gasteiger partial charge on any atom is 0.304 e. The second-order valence-corrected chi connectivity index (χ2v) is 6.34. The van der Waals surface area contributed by atoms with E-state index in [1.165, 1.54) is 0 Å². The minimum Gasteiger partial charge on any atom is -0.489 e. The highest BCUT2D eigenvalue weighted by molar-refractivity contribution is 5.69. The van der Waals surface area contributed by atoms with Gasteiger partial charge in [-0.1, -0.05) is 42.3 Å². The number of aliphatic carboxylic acids is 1. The van der Waals surface area contributed by atoms with Crippen molar-refractivity contribution >= 4 is 5.97 Å². The second kappa shape index (κ2) is 9.38. The highest BCUT2D eigenvalue weighted by atomic mass is 16.5. The molecule has 4 nitrogen and oxygen atoms in total. The molecule has 0 aliphatic heterocycles. The van der Waals surface area contributed by atoms with Crippen LogP contribution in [0, 0.1) is 11.8 Å². The smallest absolute Gasteiger partial charge is 0.304 e. The fourth-order valence-electron chi connectivity index (χ4n) is 2.90. The van der Waals surface area contributed by atoms with Gasteiger partial charge in [-0.25, -0.2) is 0 Å². The largest absolute Gasteiger partial charge is 0.489 e. The van der Waals surface area contributed by atoms with E-state index in [1.807, 2.05) is 48.5 Å². The molecule has 1 heterocycles. The molecule has 4 heteroatoms. The number of carbonyl (C=O) groups is 1. The van der Waals surface area contributed by atoms with Crippen LogP contribution in [0.5, 0.6) is 5.75 Å². The maximum absolute atomic E-state index is 11.0. The van der Waals surface area contributed by atoms with E-state index in [9.17, 15) is 4.79 Å². The van der Waals surface area contributed by atoms with Gasteiger partial charge in [0.05, 0.1) is 12.3 Å². The number of hydrogen-bond acceptors (Lipinski definition) is 3. The van der Waals surface area contributed by atoms with Crippen molar-refractivity contribution in [2.75, 3.05) is 0 Å². The lowest BCUT2D eigenvalue weighted by molar-refractivity contribution is -0.137. The van der Waals surface area contributed by atoms with Crippen molar-refractivity contribution in [1.29, 1.82) is 0 Å². The molecule has 140 valence electrons. The third-order valence-corrected chi connectivity index (χ3v) is 4.35. The number of hydrogen-bond donors (Lipinski definition) is 1. The van der Waals surface area contributed by atoms with Crippen molar-refractivity contribution in [2.45, 2.75) is 25.9 Å². The van der Waals surface area contributed by atoms with Gasteiger partial charge in [-0.2, -0.15) is 0 Å². The van der Waals surface area contributed by atoms with Gasteiger partial charge in [-0.3, -0.25) is 9.78 Å². The summed E-state index contributed by atoms with van der Waals surface area (Å²) in [6.07, 6.45) is 3.55. The van der Waals surface area contributed by atoms with Crippen LogP contribution in [-0.4, -0.2) is 16.1 Å². The second-order valence-electron chi connectivity index (χ2n) is 6.34. The SMILES string of the molecule is CC#CC(CC(=O)O)c1ccc(OCc2ccc(-c3ccncc3)cc2)cc1. The molecule has 3 aromatic rings. The molecule has 0 radical (unpaired) electrons. The van der Waals surface area contributed by atoms with Gasteiger partial charge in [0.15, 0.2) is 0 Å². The summed E-state index contributed by atoms with van der Waals surface area (Å²) < 4.78 is 5.85. The molecule has 0 saturated carbocycles. The molecule has 1 aromatic heterocycles. The molecule has 0 saturated heterocycles. The number of carboxylic acids is 1. The van der Waals surface area contributed by atoms with Crippen molar-refractivity contribution in [3.8, 4) is 28.7 Å². The molecule has 1 N–H and O–H groups in total. The third-order valence-electron chi connectivity index (χ3n) is 4.35. The minimum atomic E-state index is -0.858. The van der Waals surface area contributed by atoms with Crippen LogP contribution in [0.2, 0.25) is 0 Å². The van der Waals surface area contributed by atoms with Crippen molar-refractivity contribution in [2.24, 2.45) is 0 Å². The normalized spacial score (nSPS) is 11.2. The molecule has 0 fully saturated rings. The molecule has 1 atom stereocenters. The van der Waals surface area contributed by atoms with Gasteiger partial charge in [0.1, 0.15) is 12.4 Å². The van der Waals surface area contributed by atoms with E-state index in [1.54, 1.807) is 19.3 Å². The Balaban J connectivity index is 1.61. The summed E-state index contributed by atoms with van der Waals surface area (Å²) in [4.78, 5) is 15.0. The highest BCUT2D eigenvalue weighted by Crippen LogP contribution is 2.23. The number of pyridine rings is 1. The number of benzene rings is 2. The lowest BCUT2D eigenvalue weighted by Gasteiger charge is -2.11. The summed E-state index contributed by atoms with van der Waals surface area (Å²) in [6.45, 7) is 2.18. The van der Waals surface area contributed by atoms with Gasteiger partial charge in [-0.15, -0.1) is 5.92 Å². The molecule has 0 bridgehead atoms. The van der Waals surface area contributed by atoms with E-state index in [2.05, 4.69) is 29.0 Å². The molecular weight excluding hydrogens is 350 g/mol. The van der Waals surface area contributed by atoms with Crippen LogP contribution in [0.4, 0.5) is 0 Å². The zero-order chi connectivity index (χ0) is 19.8. The van der Waals surface area contributed by atoms with Gasteiger partial charge in [0.2, 0.25) is 0 Å². The van der Waals surface area contributed by atoms with E-state index in [-0.39, 0.29) is 12.3 Å². The van der Waals surface area contributed by atoms with Gasteiger partial charge < -0.3 is 9.84 Å². The van der Waals surface area contributed by atoms with Crippen LogP contribution in [0.3, 0.4) is 0 Å². The van der Waals surface area contributed by atoms with Crippen LogP contribution in [0.1, 0.15) is 30.4 Å². The lowest BCUT2D eigenvalue weighted by atomic mass is 9.96. The summed E-state index contributed by atoms with van der Waals surface area (Å²) in [6, 6.07) is 19.6. The quantitative estimate of drug-likeness (QED) is 0.600. The van der Waals surface area contributed by atoms with Gasteiger partial charge in [0.25, 0.3) is 0 Å².